The van der Waals surface area contributed by atoms with Crippen molar-refractivity contribution in [3.05, 3.63) is 29.8 Å². The Morgan fingerprint density at radius 1 is 1.26 bits per heavy atom. The van der Waals surface area contributed by atoms with E-state index in [1.807, 2.05) is 30.5 Å². The summed E-state index contributed by atoms with van der Waals surface area (Å²) in [4.78, 5) is 13.1. The lowest BCUT2D eigenvalue weighted by molar-refractivity contribution is 0.0910. The van der Waals surface area contributed by atoms with E-state index < -0.39 is 0 Å². The molecule has 104 valence electrons. The molecule has 1 aliphatic carbocycles. The summed E-state index contributed by atoms with van der Waals surface area (Å²) in [6.45, 7) is 0.718. The number of hydrogen-bond acceptors (Lipinski definition) is 3. The predicted octanol–water partition coefficient (Wildman–Crippen LogP) is 2.69. The molecule has 1 fully saturated rings. The van der Waals surface area contributed by atoms with E-state index in [9.17, 15) is 9.90 Å². The highest BCUT2D eigenvalue weighted by Crippen LogP contribution is 2.23. The average Bonchev–Trinajstić information content (AvgIpc) is 2.46. The van der Waals surface area contributed by atoms with Gasteiger partial charge in [-0.3, -0.25) is 4.79 Å². The van der Waals surface area contributed by atoms with Crippen LogP contribution in [0.15, 0.2) is 29.2 Å². The zero-order valence-electron chi connectivity index (χ0n) is 11.3. The van der Waals surface area contributed by atoms with Crippen molar-refractivity contribution in [3.8, 4) is 0 Å². The molecule has 0 aliphatic heterocycles. The maximum absolute atomic E-state index is 12.0. The van der Waals surface area contributed by atoms with Gasteiger partial charge in [0.15, 0.2) is 0 Å². The first-order valence-corrected chi connectivity index (χ1v) is 8.02. The molecule has 0 spiro atoms. The van der Waals surface area contributed by atoms with Crippen LogP contribution in [-0.2, 0) is 0 Å². The van der Waals surface area contributed by atoms with E-state index in [0.717, 1.165) is 37.1 Å². The highest BCUT2D eigenvalue weighted by atomic mass is 32.2. The highest BCUT2D eigenvalue weighted by molar-refractivity contribution is 7.98. The summed E-state index contributed by atoms with van der Waals surface area (Å²) in [6.07, 6.45) is 5.63. The molecular weight excluding hydrogens is 258 g/mol. The van der Waals surface area contributed by atoms with Gasteiger partial charge >= 0.3 is 0 Å². The molecule has 0 aromatic heterocycles. The molecule has 1 amide bonds. The van der Waals surface area contributed by atoms with Crippen molar-refractivity contribution < 1.29 is 9.90 Å². The summed E-state index contributed by atoms with van der Waals surface area (Å²) in [5, 5.41) is 12.4. The van der Waals surface area contributed by atoms with Crippen LogP contribution >= 0.6 is 11.8 Å². The van der Waals surface area contributed by atoms with Crippen molar-refractivity contribution in [3.63, 3.8) is 0 Å². The normalized spacial score (nSPS) is 23.1. The topological polar surface area (TPSA) is 49.3 Å². The number of carbonyl (C=O) groups excluding carboxylic acids is 1. The van der Waals surface area contributed by atoms with Crippen molar-refractivity contribution in [1.29, 1.82) is 0 Å². The molecule has 19 heavy (non-hydrogen) atoms. The first-order chi connectivity index (χ1) is 9.19. The molecule has 0 heterocycles. The maximum atomic E-state index is 12.0. The van der Waals surface area contributed by atoms with Crippen LogP contribution in [0.3, 0.4) is 0 Å². The lowest BCUT2D eigenvalue weighted by Gasteiger charge is -2.25. The molecule has 1 saturated carbocycles. The Hall–Kier alpha value is -1.00. The number of amides is 1. The molecule has 0 bridgehead atoms. The second-order valence-electron chi connectivity index (χ2n) is 5.11. The van der Waals surface area contributed by atoms with Crippen molar-refractivity contribution in [2.24, 2.45) is 5.92 Å². The number of benzene rings is 1. The van der Waals surface area contributed by atoms with Crippen LogP contribution < -0.4 is 5.32 Å². The van der Waals surface area contributed by atoms with Gasteiger partial charge in [-0.2, -0.15) is 0 Å². The van der Waals surface area contributed by atoms with E-state index in [0.29, 0.717) is 11.5 Å². The van der Waals surface area contributed by atoms with Crippen molar-refractivity contribution in [1.82, 2.24) is 5.32 Å². The van der Waals surface area contributed by atoms with E-state index in [-0.39, 0.29) is 12.0 Å². The number of hydrogen-bond donors (Lipinski definition) is 2. The Balaban J connectivity index is 1.80. The number of nitrogens with one attached hydrogen (secondary N) is 1. The number of aliphatic hydroxyl groups excluding tert-OH is 1. The maximum Gasteiger partial charge on any atom is 0.251 e. The highest BCUT2D eigenvalue weighted by Gasteiger charge is 2.19. The minimum atomic E-state index is -0.133. The number of aliphatic hydroxyl groups is 1. The second-order valence-corrected chi connectivity index (χ2v) is 5.99. The summed E-state index contributed by atoms with van der Waals surface area (Å²) in [5.74, 6) is 0.511. The largest absolute Gasteiger partial charge is 0.393 e. The molecule has 1 aliphatic rings. The third kappa shape index (κ3) is 4.25. The van der Waals surface area contributed by atoms with Gasteiger partial charge in [-0.25, -0.2) is 0 Å². The first kappa shape index (κ1) is 14.4. The Kier molecular flexibility index (Phi) is 5.28. The zero-order valence-corrected chi connectivity index (χ0v) is 12.1. The van der Waals surface area contributed by atoms with Crippen LogP contribution in [0.5, 0.6) is 0 Å². The fraction of sp³-hybridized carbons (Fsp3) is 0.533. The lowest BCUT2D eigenvalue weighted by atomic mass is 9.87. The Morgan fingerprint density at radius 3 is 2.47 bits per heavy atom. The molecule has 2 N–H and O–H groups in total. The van der Waals surface area contributed by atoms with E-state index in [1.54, 1.807) is 11.8 Å². The van der Waals surface area contributed by atoms with Gasteiger partial charge in [-0.1, -0.05) is 0 Å². The minimum Gasteiger partial charge on any atom is -0.393 e. The Morgan fingerprint density at radius 2 is 1.89 bits per heavy atom. The predicted molar refractivity (Wildman–Crippen MR) is 78.5 cm³/mol. The van der Waals surface area contributed by atoms with Crippen LogP contribution in [0.25, 0.3) is 0 Å². The Bertz CT molecular complexity index is 411. The molecule has 4 heteroatoms. The summed E-state index contributed by atoms with van der Waals surface area (Å²) >= 11 is 1.67. The van der Waals surface area contributed by atoms with Gasteiger partial charge in [-0.15, -0.1) is 11.8 Å². The van der Waals surface area contributed by atoms with Crippen LogP contribution in [0.4, 0.5) is 0 Å². The molecule has 3 nitrogen and oxygen atoms in total. The standard InChI is InChI=1S/C15H21NO2S/c1-19-14-8-4-12(5-9-14)15(18)16-10-11-2-6-13(17)7-3-11/h4-5,8-9,11,13,17H,2-3,6-7,10H2,1H3,(H,16,18). The van der Waals surface area contributed by atoms with Crippen LogP contribution in [0.1, 0.15) is 36.0 Å². The van der Waals surface area contributed by atoms with Crippen molar-refractivity contribution in [2.75, 3.05) is 12.8 Å². The van der Waals surface area contributed by atoms with E-state index >= 15 is 0 Å². The second kappa shape index (κ2) is 6.96. The summed E-state index contributed by atoms with van der Waals surface area (Å²) in [6, 6.07) is 7.67. The third-order valence-electron chi connectivity index (χ3n) is 3.72. The summed E-state index contributed by atoms with van der Waals surface area (Å²) in [7, 11) is 0. The molecule has 0 radical (unpaired) electrons. The van der Waals surface area contributed by atoms with Gasteiger partial charge in [0.05, 0.1) is 6.10 Å². The van der Waals surface area contributed by atoms with Gasteiger partial charge in [-0.05, 0) is 62.1 Å². The SMILES string of the molecule is CSc1ccc(C(=O)NCC2CCC(O)CC2)cc1. The summed E-state index contributed by atoms with van der Waals surface area (Å²) < 4.78 is 0. The quantitative estimate of drug-likeness (QED) is 0.833. The minimum absolute atomic E-state index is 0.00113. The molecule has 0 atom stereocenters. The van der Waals surface area contributed by atoms with E-state index in [2.05, 4.69) is 5.32 Å². The van der Waals surface area contributed by atoms with Crippen LogP contribution in [0.2, 0.25) is 0 Å². The van der Waals surface area contributed by atoms with Gasteiger partial charge in [0.2, 0.25) is 0 Å². The molecule has 2 rings (SSSR count). The molecule has 1 aromatic rings. The fourth-order valence-electron chi connectivity index (χ4n) is 2.43. The van der Waals surface area contributed by atoms with Crippen molar-refractivity contribution in [2.45, 2.75) is 36.7 Å². The monoisotopic (exact) mass is 279 g/mol. The molecular formula is C15H21NO2S. The number of thioether (sulfide) groups is 1. The summed E-state index contributed by atoms with van der Waals surface area (Å²) in [5.41, 5.74) is 0.716. The van der Waals surface area contributed by atoms with E-state index in [1.165, 1.54) is 0 Å². The smallest absolute Gasteiger partial charge is 0.251 e. The number of rotatable bonds is 4. The Labute approximate surface area is 118 Å². The van der Waals surface area contributed by atoms with E-state index in [4.69, 9.17) is 0 Å². The molecule has 0 saturated heterocycles. The van der Waals surface area contributed by atoms with Crippen LogP contribution in [0, 0.1) is 5.92 Å². The van der Waals surface area contributed by atoms with Crippen molar-refractivity contribution >= 4 is 17.7 Å². The average molecular weight is 279 g/mol. The molecule has 1 aromatic carbocycles. The van der Waals surface area contributed by atoms with Crippen LogP contribution in [-0.4, -0.2) is 29.9 Å². The van der Waals surface area contributed by atoms with Gasteiger partial charge in [0, 0.05) is 17.0 Å². The van der Waals surface area contributed by atoms with Gasteiger partial charge in [0.1, 0.15) is 0 Å². The fourth-order valence-corrected chi connectivity index (χ4v) is 2.84. The molecule has 0 unspecified atom stereocenters. The zero-order chi connectivity index (χ0) is 13.7. The third-order valence-corrected chi connectivity index (χ3v) is 4.46. The lowest BCUT2D eigenvalue weighted by Crippen LogP contribution is -2.32. The van der Waals surface area contributed by atoms with Gasteiger partial charge < -0.3 is 10.4 Å². The number of carbonyl (C=O) groups is 1. The van der Waals surface area contributed by atoms with Gasteiger partial charge in [0.25, 0.3) is 5.91 Å². The first-order valence-electron chi connectivity index (χ1n) is 6.79.